The first-order valence-corrected chi connectivity index (χ1v) is 10.1. The van der Waals surface area contributed by atoms with Crippen LogP contribution >= 0.6 is 0 Å². The molecule has 0 bridgehead atoms. The molecule has 2 saturated heterocycles. The normalized spacial score (nSPS) is 25.7. The van der Waals surface area contributed by atoms with E-state index in [4.69, 9.17) is 0 Å². The molecule has 3 N–H and O–H groups in total. The molecule has 0 aliphatic carbocycles. The van der Waals surface area contributed by atoms with E-state index < -0.39 is 0 Å². The van der Waals surface area contributed by atoms with Crippen LogP contribution in [-0.4, -0.2) is 65.6 Å². The Morgan fingerprint density at radius 2 is 1.88 bits per heavy atom. The fraction of sp³-hybridized carbons (Fsp3) is 0.737. The third-order valence-electron chi connectivity index (χ3n) is 5.99. The molecule has 142 valence electrons. The van der Waals surface area contributed by atoms with Crippen molar-refractivity contribution in [1.29, 1.82) is 0 Å². The van der Waals surface area contributed by atoms with Crippen molar-refractivity contribution >= 4 is 11.7 Å². The number of carbonyl (C=O) groups is 1. The molecule has 0 saturated carbocycles. The van der Waals surface area contributed by atoms with Crippen molar-refractivity contribution in [3.63, 3.8) is 0 Å². The van der Waals surface area contributed by atoms with Crippen LogP contribution < -0.4 is 16.0 Å². The summed E-state index contributed by atoms with van der Waals surface area (Å²) in [5.41, 5.74) is 2.36. The number of fused-ring (bicyclic) bond motifs is 1. The lowest BCUT2D eigenvalue weighted by Crippen LogP contribution is -2.44. The van der Waals surface area contributed by atoms with E-state index in [0.29, 0.717) is 6.04 Å². The monoisotopic (exact) mass is 358 g/mol. The maximum Gasteiger partial charge on any atom is 0.242 e. The van der Waals surface area contributed by atoms with Gasteiger partial charge in [0.05, 0.1) is 5.69 Å². The van der Waals surface area contributed by atoms with Crippen molar-refractivity contribution in [2.75, 3.05) is 38.0 Å². The summed E-state index contributed by atoms with van der Waals surface area (Å²) in [6.07, 6.45) is 9.01. The second-order valence-corrected chi connectivity index (χ2v) is 7.65. The standard InChI is InChI=1S/C19H30N6O/c26-19-17(3-1-2-8-21-19)24-18-15-6-11-25(14-4-9-20-10-5-14)12-7-16(15)22-13-23-18/h13-14,17,20H,1-12H2,(H,21,26)(H,22,23,24)/t17-/m0/s1. The number of carbonyl (C=O) groups excluding carboxylic acids is 1. The topological polar surface area (TPSA) is 82.2 Å². The minimum absolute atomic E-state index is 0.0971. The molecule has 0 spiro atoms. The zero-order chi connectivity index (χ0) is 17.8. The highest BCUT2D eigenvalue weighted by Crippen LogP contribution is 2.24. The molecule has 3 aliphatic heterocycles. The molecule has 26 heavy (non-hydrogen) atoms. The SMILES string of the molecule is O=C1NCCCC[C@@H]1Nc1ncnc2c1CCN(C1CCNCC1)CC2. The van der Waals surface area contributed by atoms with Gasteiger partial charge in [-0.2, -0.15) is 0 Å². The fourth-order valence-electron chi connectivity index (χ4n) is 4.45. The van der Waals surface area contributed by atoms with Crippen molar-refractivity contribution < 1.29 is 4.79 Å². The smallest absolute Gasteiger partial charge is 0.242 e. The summed E-state index contributed by atoms with van der Waals surface area (Å²) in [7, 11) is 0. The van der Waals surface area contributed by atoms with Crippen LogP contribution in [0.5, 0.6) is 0 Å². The number of nitrogens with one attached hydrogen (secondary N) is 3. The lowest BCUT2D eigenvalue weighted by Gasteiger charge is -2.33. The number of hydrogen-bond donors (Lipinski definition) is 3. The molecular weight excluding hydrogens is 328 g/mol. The number of rotatable bonds is 3. The summed E-state index contributed by atoms with van der Waals surface area (Å²) in [5.74, 6) is 0.962. The summed E-state index contributed by atoms with van der Waals surface area (Å²) in [5, 5.41) is 9.88. The Balaban J connectivity index is 1.47. The molecule has 4 heterocycles. The summed E-state index contributed by atoms with van der Waals surface area (Å²) in [6, 6.07) is 0.503. The number of anilines is 1. The second kappa shape index (κ2) is 8.31. The van der Waals surface area contributed by atoms with Crippen molar-refractivity contribution in [3.8, 4) is 0 Å². The van der Waals surface area contributed by atoms with Gasteiger partial charge in [-0.3, -0.25) is 9.69 Å². The van der Waals surface area contributed by atoms with E-state index in [9.17, 15) is 4.79 Å². The van der Waals surface area contributed by atoms with E-state index in [1.54, 1.807) is 6.33 Å². The van der Waals surface area contributed by atoms with Gasteiger partial charge in [-0.25, -0.2) is 9.97 Å². The van der Waals surface area contributed by atoms with Gasteiger partial charge in [0.15, 0.2) is 0 Å². The van der Waals surface area contributed by atoms with Crippen LogP contribution in [0.25, 0.3) is 0 Å². The van der Waals surface area contributed by atoms with Crippen LogP contribution in [-0.2, 0) is 17.6 Å². The Morgan fingerprint density at radius 3 is 2.77 bits per heavy atom. The molecule has 1 aromatic heterocycles. The predicted octanol–water partition coefficient (Wildman–Crippen LogP) is 0.710. The quantitative estimate of drug-likeness (QED) is 0.738. The maximum absolute atomic E-state index is 12.3. The molecule has 3 aliphatic rings. The van der Waals surface area contributed by atoms with Gasteiger partial charge >= 0.3 is 0 Å². The van der Waals surface area contributed by atoms with Gasteiger partial charge in [-0.05, 0) is 51.6 Å². The number of hydrogen-bond acceptors (Lipinski definition) is 6. The molecule has 0 aromatic carbocycles. The highest BCUT2D eigenvalue weighted by molar-refractivity contribution is 5.84. The van der Waals surface area contributed by atoms with E-state index in [1.165, 1.54) is 18.4 Å². The third-order valence-corrected chi connectivity index (χ3v) is 5.99. The molecular formula is C19H30N6O. The summed E-state index contributed by atoms with van der Waals surface area (Å²) >= 11 is 0. The first-order valence-electron chi connectivity index (χ1n) is 10.1. The van der Waals surface area contributed by atoms with Crippen LogP contribution in [0.15, 0.2) is 6.33 Å². The Morgan fingerprint density at radius 1 is 1.04 bits per heavy atom. The Hall–Kier alpha value is -1.73. The highest BCUT2D eigenvalue weighted by atomic mass is 16.2. The molecule has 7 heteroatoms. The summed E-state index contributed by atoms with van der Waals surface area (Å²) in [6.45, 7) is 5.15. The van der Waals surface area contributed by atoms with Gasteiger partial charge < -0.3 is 16.0 Å². The lowest BCUT2D eigenvalue weighted by atomic mass is 10.0. The first kappa shape index (κ1) is 17.7. The van der Waals surface area contributed by atoms with Crippen molar-refractivity contribution in [2.24, 2.45) is 0 Å². The highest BCUT2D eigenvalue weighted by Gasteiger charge is 2.27. The molecule has 1 atom stereocenters. The van der Waals surface area contributed by atoms with Gasteiger partial charge in [0.25, 0.3) is 0 Å². The zero-order valence-electron chi connectivity index (χ0n) is 15.5. The van der Waals surface area contributed by atoms with Crippen molar-refractivity contribution in [2.45, 2.75) is 57.0 Å². The lowest BCUT2D eigenvalue weighted by molar-refractivity contribution is -0.121. The average Bonchev–Trinajstić information content (AvgIpc) is 3.02. The Kier molecular flexibility index (Phi) is 5.65. The second-order valence-electron chi connectivity index (χ2n) is 7.65. The molecule has 2 fully saturated rings. The number of amides is 1. The molecule has 1 amide bonds. The van der Waals surface area contributed by atoms with Gasteiger partial charge in [0.2, 0.25) is 5.91 Å². The minimum Gasteiger partial charge on any atom is -0.358 e. The molecule has 4 rings (SSSR count). The maximum atomic E-state index is 12.3. The summed E-state index contributed by atoms with van der Waals surface area (Å²) < 4.78 is 0. The van der Waals surface area contributed by atoms with E-state index in [1.807, 2.05) is 0 Å². The van der Waals surface area contributed by atoms with Crippen LogP contribution in [0.1, 0.15) is 43.4 Å². The molecule has 0 unspecified atom stereocenters. The predicted molar refractivity (Wildman–Crippen MR) is 101 cm³/mol. The van der Waals surface area contributed by atoms with E-state index >= 15 is 0 Å². The van der Waals surface area contributed by atoms with E-state index in [-0.39, 0.29) is 11.9 Å². The average molecular weight is 358 g/mol. The van der Waals surface area contributed by atoms with Gasteiger partial charge in [-0.1, -0.05) is 0 Å². The Labute approximate surface area is 155 Å². The molecule has 7 nitrogen and oxygen atoms in total. The van der Waals surface area contributed by atoms with Crippen molar-refractivity contribution in [1.82, 2.24) is 25.5 Å². The van der Waals surface area contributed by atoms with Crippen molar-refractivity contribution in [3.05, 3.63) is 17.6 Å². The van der Waals surface area contributed by atoms with E-state index in [0.717, 1.165) is 76.3 Å². The molecule has 0 radical (unpaired) electrons. The Bertz CT molecular complexity index is 630. The van der Waals surface area contributed by atoms with Crippen LogP contribution in [0.3, 0.4) is 0 Å². The third kappa shape index (κ3) is 3.99. The zero-order valence-corrected chi connectivity index (χ0v) is 15.5. The van der Waals surface area contributed by atoms with Crippen LogP contribution in [0.4, 0.5) is 5.82 Å². The van der Waals surface area contributed by atoms with Crippen LogP contribution in [0.2, 0.25) is 0 Å². The largest absolute Gasteiger partial charge is 0.358 e. The summed E-state index contributed by atoms with van der Waals surface area (Å²) in [4.78, 5) is 24.0. The van der Waals surface area contributed by atoms with E-state index in [2.05, 4.69) is 30.8 Å². The first-order chi connectivity index (χ1) is 12.8. The minimum atomic E-state index is -0.180. The molecule has 1 aromatic rings. The number of piperidine rings is 1. The van der Waals surface area contributed by atoms with Gasteiger partial charge in [0.1, 0.15) is 18.2 Å². The van der Waals surface area contributed by atoms with Crippen LogP contribution in [0, 0.1) is 0 Å². The fourth-order valence-corrected chi connectivity index (χ4v) is 4.45. The van der Waals surface area contributed by atoms with Gasteiger partial charge in [0, 0.05) is 37.7 Å². The van der Waals surface area contributed by atoms with Gasteiger partial charge in [-0.15, -0.1) is 0 Å². The number of nitrogens with zero attached hydrogens (tertiary/aromatic N) is 3. The number of aromatic nitrogens is 2.